The quantitative estimate of drug-likeness (QED) is 0.362. The number of pyridine rings is 2. The van der Waals surface area contributed by atoms with E-state index >= 15 is 0 Å². The first-order valence-electron chi connectivity index (χ1n) is 10.2. The smallest absolute Gasteiger partial charge is 0.249 e. The Hall–Kier alpha value is -3.45. The highest BCUT2D eigenvalue weighted by Gasteiger charge is 2.35. The van der Waals surface area contributed by atoms with E-state index in [1.54, 1.807) is 36.9 Å². The van der Waals surface area contributed by atoms with Crippen molar-refractivity contribution in [2.24, 2.45) is 12.8 Å². The number of rotatable bonds is 4. The van der Waals surface area contributed by atoms with Crippen molar-refractivity contribution >= 4 is 34.1 Å². The topological polar surface area (TPSA) is 89.6 Å². The third-order valence-electron chi connectivity index (χ3n) is 5.84. The van der Waals surface area contributed by atoms with Gasteiger partial charge in [0.2, 0.25) is 5.56 Å². The molecule has 6 nitrogen and oxygen atoms in total. The number of aromatic amines is 1. The third-order valence-corrected chi connectivity index (χ3v) is 6.30. The number of halogens is 2. The number of hydrogen-bond donors (Lipinski definition) is 2. The van der Waals surface area contributed by atoms with Gasteiger partial charge >= 0.3 is 0 Å². The van der Waals surface area contributed by atoms with Crippen molar-refractivity contribution < 1.29 is 0 Å². The molecule has 0 bridgehead atoms. The first kappa shape index (κ1) is 21.4. The van der Waals surface area contributed by atoms with Crippen LogP contribution in [0, 0.1) is 0 Å². The molecule has 0 aliphatic carbocycles. The molecule has 3 heterocycles. The summed E-state index contributed by atoms with van der Waals surface area (Å²) in [5.41, 5.74) is 10.5. The highest BCUT2D eigenvalue weighted by Crippen LogP contribution is 2.37. The fraction of sp³-hybridized carbons (Fsp3) is 0.0800. The molecule has 0 saturated carbocycles. The molecule has 0 radical (unpaired) electrons. The second-order valence-corrected chi connectivity index (χ2v) is 8.71. The Balaban J connectivity index is 1.81. The number of nitrogens with one attached hydrogen (secondary N) is 1. The number of imidazole rings is 1. The molecule has 1 unspecified atom stereocenters. The number of nitrogens with zero attached hydrogens (tertiary/aromatic N) is 3. The van der Waals surface area contributed by atoms with Crippen LogP contribution in [0.1, 0.15) is 16.8 Å². The van der Waals surface area contributed by atoms with Gasteiger partial charge < -0.3 is 15.3 Å². The molecule has 33 heavy (non-hydrogen) atoms. The van der Waals surface area contributed by atoms with Gasteiger partial charge in [-0.3, -0.25) is 4.79 Å². The van der Waals surface area contributed by atoms with E-state index in [-0.39, 0.29) is 5.56 Å². The summed E-state index contributed by atoms with van der Waals surface area (Å²) in [6.07, 6.45) is 5.12. The second-order valence-electron chi connectivity index (χ2n) is 7.89. The molecule has 3 N–H and O–H groups in total. The van der Waals surface area contributed by atoms with Gasteiger partial charge in [0, 0.05) is 40.8 Å². The lowest BCUT2D eigenvalue weighted by Crippen LogP contribution is -2.41. The number of aryl methyl sites for hydroxylation is 1. The van der Waals surface area contributed by atoms with Gasteiger partial charge in [-0.25, -0.2) is 9.97 Å². The Morgan fingerprint density at radius 1 is 1.00 bits per heavy atom. The van der Waals surface area contributed by atoms with Crippen molar-refractivity contribution in [3.63, 3.8) is 0 Å². The van der Waals surface area contributed by atoms with Gasteiger partial charge in [0.05, 0.1) is 18.2 Å². The van der Waals surface area contributed by atoms with Crippen LogP contribution < -0.4 is 11.3 Å². The van der Waals surface area contributed by atoms with E-state index in [0.717, 1.165) is 33.3 Å². The number of benzene rings is 2. The fourth-order valence-corrected chi connectivity index (χ4v) is 4.50. The van der Waals surface area contributed by atoms with Crippen LogP contribution in [0.4, 0.5) is 0 Å². The predicted molar refractivity (Wildman–Crippen MR) is 132 cm³/mol. The number of fused-ring (bicyclic) bond motifs is 1. The van der Waals surface area contributed by atoms with Crippen molar-refractivity contribution in [3.05, 3.63) is 117 Å². The monoisotopic (exact) mass is 475 g/mol. The van der Waals surface area contributed by atoms with E-state index in [1.165, 1.54) is 0 Å². The molecule has 0 spiro atoms. The largest absolute Gasteiger partial charge is 0.336 e. The van der Waals surface area contributed by atoms with Crippen LogP contribution in [0.5, 0.6) is 0 Å². The summed E-state index contributed by atoms with van der Waals surface area (Å²) in [6.45, 7) is 0. The van der Waals surface area contributed by atoms with Crippen molar-refractivity contribution in [1.82, 2.24) is 19.5 Å². The summed E-state index contributed by atoms with van der Waals surface area (Å²) in [5, 5.41) is 1.81. The lowest BCUT2D eigenvalue weighted by atomic mass is 9.81. The minimum Gasteiger partial charge on any atom is -0.336 e. The van der Waals surface area contributed by atoms with E-state index in [9.17, 15) is 4.79 Å². The van der Waals surface area contributed by atoms with Crippen molar-refractivity contribution in [2.75, 3.05) is 0 Å². The van der Waals surface area contributed by atoms with E-state index < -0.39 is 5.54 Å². The van der Waals surface area contributed by atoms with Gasteiger partial charge in [-0.05, 0) is 47.0 Å². The molecule has 164 valence electrons. The third kappa shape index (κ3) is 3.72. The zero-order valence-electron chi connectivity index (χ0n) is 17.6. The molecule has 1 atom stereocenters. The standard InChI is InChI=1S/C25H19Cl2N5O/c1-32-14-29-13-22(32)25(28,17-6-8-23(27)30-12-17)16-5-7-21-20(10-16)19(11-24(33)31-21)15-3-2-4-18(26)9-15/h2-14H,28H2,1H3,(H,31,33). The van der Waals surface area contributed by atoms with Crippen LogP contribution in [-0.4, -0.2) is 19.5 Å². The lowest BCUT2D eigenvalue weighted by molar-refractivity contribution is 0.594. The lowest BCUT2D eigenvalue weighted by Gasteiger charge is -2.31. The van der Waals surface area contributed by atoms with Gasteiger partial charge in [-0.15, -0.1) is 0 Å². The summed E-state index contributed by atoms with van der Waals surface area (Å²) >= 11 is 12.3. The van der Waals surface area contributed by atoms with Gasteiger partial charge in [-0.2, -0.15) is 0 Å². The molecule has 0 fully saturated rings. The maximum atomic E-state index is 12.4. The van der Waals surface area contributed by atoms with Gasteiger partial charge in [0.15, 0.2) is 0 Å². The number of H-pyrrole nitrogens is 1. The molecule has 0 saturated heterocycles. The highest BCUT2D eigenvalue weighted by molar-refractivity contribution is 6.31. The molecular formula is C25H19Cl2N5O. The van der Waals surface area contributed by atoms with Crippen LogP contribution in [0.2, 0.25) is 10.2 Å². The van der Waals surface area contributed by atoms with Crippen molar-refractivity contribution in [1.29, 1.82) is 0 Å². The first-order valence-corrected chi connectivity index (χ1v) is 10.9. The van der Waals surface area contributed by atoms with Crippen LogP contribution in [-0.2, 0) is 12.6 Å². The predicted octanol–water partition coefficient (Wildman–Crippen LogP) is 4.88. The summed E-state index contributed by atoms with van der Waals surface area (Å²) < 4.78 is 1.88. The molecular weight excluding hydrogens is 457 g/mol. The first-order chi connectivity index (χ1) is 15.9. The summed E-state index contributed by atoms with van der Waals surface area (Å²) in [5.74, 6) is 0. The zero-order valence-corrected chi connectivity index (χ0v) is 19.1. The maximum absolute atomic E-state index is 12.4. The van der Waals surface area contributed by atoms with Crippen molar-refractivity contribution in [3.8, 4) is 11.1 Å². The molecule has 3 aromatic heterocycles. The molecule has 5 aromatic rings. The Morgan fingerprint density at radius 2 is 1.82 bits per heavy atom. The Kier molecular flexibility index (Phi) is 5.29. The highest BCUT2D eigenvalue weighted by atomic mass is 35.5. The fourth-order valence-electron chi connectivity index (χ4n) is 4.20. The molecule has 2 aromatic carbocycles. The average Bonchev–Trinajstić information content (AvgIpc) is 3.24. The Labute approximate surface area is 199 Å². The second kappa shape index (κ2) is 8.15. The molecule has 0 aliphatic rings. The number of hydrogen-bond acceptors (Lipinski definition) is 4. The minimum absolute atomic E-state index is 0.197. The zero-order chi connectivity index (χ0) is 23.2. The van der Waals surface area contributed by atoms with E-state index in [2.05, 4.69) is 15.0 Å². The van der Waals surface area contributed by atoms with Gasteiger partial charge in [-0.1, -0.05) is 47.5 Å². The van der Waals surface area contributed by atoms with Gasteiger partial charge in [0.25, 0.3) is 0 Å². The summed E-state index contributed by atoms with van der Waals surface area (Å²) in [4.78, 5) is 23.8. The van der Waals surface area contributed by atoms with Crippen LogP contribution in [0.3, 0.4) is 0 Å². The summed E-state index contributed by atoms with van der Waals surface area (Å²) in [7, 11) is 1.89. The Morgan fingerprint density at radius 3 is 2.52 bits per heavy atom. The normalized spacial score (nSPS) is 13.2. The van der Waals surface area contributed by atoms with Crippen LogP contribution in [0.15, 0.2) is 84.2 Å². The van der Waals surface area contributed by atoms with E-state index in [1.807, 2.05) is 54.1 Å². The number of aromatic nitrogens is 4. The number of nitrogens with two attached hydrogens (primary N) is 1. The SMILES string of the molecule is Cn1cncc1C(N)(c1ccc(Cl)nc1)c1ccc2[nH]c(=O)cc(-c3cccc(Cl)c3)c2c1. The minimum atomic E-state index is -1.07. The summed E-state index contributed by atoms with van der Waals surface area (Å²) in [6, 6.07) is 18.3. The van der Waals surface area contributed by atoms with E-state index in [4.69, 9.17) is 28.9 Å². The molecule has 8 heteroatoms. The molecule has 0 aliphatic heterocycles. The van der Waals surface area contributed by atoms with Crippen molar-refractivity contribution in [2.45, 2.75) is 5.54 Å². The molecule has 5 rings (SSSR count). The van der Waals surface area contributed by atoms with Crippen LogP contribution >= 0.6 is 23.2 Å². The molecule has 0 amide bonds. The van der Waals surface area contributed by atoms with E-state index in [0.29, 0.717) is 15.7 Å². The van der Waals surface area contributed by atoms with Gasteiger partial charge in [0.1, 0.15) is 10.7 Å². The Bertz CT molecular complexity index is 1540. The maximum Gasteiger partial charge on any atom is 0.249 e. The average molecular weight is 476 g/mol. The van der Waals surface area contributed by atoms with Crippen LogP contribution in [0.25, 0.3) is 22.0 Å².